The fraction of sp³-hybridized carbons (Fsp3) is 0.200. The number of nitrogens with two attached hydrogens (primary N) is 1. The van der Waals surface area contributed by atoms with Gasteiger partial charge in [0.15, 0.2) is 6.79 Å². The summed E-state index contributed by atoms with van der Waals surface area (Å²) in [5.41, 5.74) is 5.84. The van der Waals surface area contributed by atoms with E-state index in [1.165, 1.54) is 0 Å². The molecule has 4 rings (SSSR count). The Kier molecular flexibility index (Phi) is 4.51. The first-order valence-corrected chi connectivity index (χ1v) is 8.43. The third kappa shape index (κ3) is 3.12. The molecule has 6 heteroatoms. The minimum Gasteiger partial charge on any atom is -0.467 e. The number of para-hydroxylation sites is 1. The molecule has 3 aromatic rings. The first kappa shape index (κ1) is 16.5. The van der Waals surface area contributed by atoms with Crippen LogP contribution < -0.4 is 16.0 Å². The molecule has 26 heavy (non-hydrogen) atoms. The van der Waals surface area contributed by atoms with Gasteiger partial charge in [0, 0.05) is 29.0 Å². The topological polar surface area (TPSA) is 86.5 Å². The fourth-order valence-corrected chi connectivity index (χ4v) is 3.34. The fourth-order valence-electron chi connectivity index (χ4n) is 3.34. The van der Waals surface area contributed by atoms with Gasteiger partial charge in [0.1, 0.15) is 5.75 Å². The largest absolute Gasteiger partial charge is 0.467 e. The molecule has 6 nitrogen and oxygen atoms in total. The van der Waals surface area contributed by atoms with Gasteiger partial charge in [-0.25, -0.2) is 5.84 Å². The Morgan fingerprint density at radius 3 is 2.92 bits per heavy atom. The molecule has 3 N–H and O–H groups in total. The van der Waals surface area contributed by atoms with E-state index in [0.29, 0.717) is 6.61 Å². The third-order valence-corrected chi connectivity index (χ3v) is 4.62. The highest BCUT2D eigenvalue weighted by Gasteiger charge is 2.25. The van der Waals surface area contributed by atoms with Crippen LogP contribution in [0.25, 0.3) is 10.9 Å². The number of hydrogen-bond donors (Lipinski definition) is 2. The molecule has 0 saturated heterocycles. The van der Waals surface area contributed by atoms with Gasteiger partial charge in [-0.1, -0.05) is 36.4 Å². The van der Waals surface area contributed by atoms with Crippen LogP contribution in [-0.4, -0.2) is 17.7 Å². The van der Waals surface area contributed by atoms with Crippen molar-refractivity contribution in [3.05, 3.63) is 71.4 Å². The zero-order valence-electron chi connectivity index (χ0n) is 14.1. The number of aromatic nitrogens is 1. The van der Waals surface area contributed by atoms with E-state index in [9.17, 15) is 4.79 Å². The van der Waals surface area contributed by atoms with Crippen molar-refractivity contribution in [3.8, 4) is 5.75 Å². The molecular weight excluding hydrogens is 330 g/mol. The van der Waals surface area contributed by atoms with E-state index in [0.717, 1.165) is 33.5 Å². The molecule has 0 spiro atoms. The van der Waals surface area contributed by atoms with E-state index in [1.54, 1.807) is 0 Å². The molecule has 1 amide bonds. The van der Waals surface area contributed by atoms with Crippen molar-refractivity contribution in [2.75, 3.05) is 6.79 Å². The van der Waals surface area contributed by atoms with E-state index in [2.05, 4.69) is 5.43 Å². The number of ether oxygens (including phenoxy) is 2. The van der Waals surface area contributed by atoms with Crippen molar-refractivity contribution in [2.45, 2.75) is 18.9 Å². The minimum atomic E-state index is -0.250. The van der Waals surface area contributed by atoms with Gasteiger partial charge in [0.05, 0.1) is 12.1 Å². The molecule has 0 radical (unpaired) electrons. The smallest absolute Gasteiger partial charge is 0.234 e. The van der Waals surface area contributed by atoms with E-state index >= 15 is 0 Å². The standard InChI is InChI=1S/C20H19N3O3/c21-23-20(24)10-15(14-5-3-7-19-16(14)11-25-12-26-19)18-9-8-13-4-1-2-6-17(13)22-18/h1-9,15H,10-12,21H2,(H,23,24). The molecule has 0 bridgehead atoms. The summed E-state index contributed by atoms with van der Waals surface area (Å²) >= 11 is 0. The van der Waals surface area contributed by atoms with Crippen LogP contribution in [0.1, 0.15) is 29.2 Å². The van der Waals surface area contributed by atoms with Crippen molar-refractivity contribution in [1.29, 1.82) is 0 Å². The van der Waals surface area contributed by atoms with Crippen LogP contribution in [0.5, 0.6) is 5.75 Å². The second-order valence-corrected chi connectivity index (χ2v) is 6.19. The zero-order valence-corrected chi connectivity index (χ0v) is 14.1. The maximum Gasteiger partial charge on any atom is 0.234 e. The predicted molar refractivity (Wildman–Crippen MR) is 97.3 cm³/mol. The summed E-state index contributed by atoms with van der Waals surface area (Å²) in [6, 6.07) is 17.7. The second-order valence-electron chi connectivity index (χ2n) is 6.19. The number of hydrogen-bond acceptors (Lipinski definition) is 5. The van der Waals surface area contributed by atoms with Crippen molar-refractivity contribution in [1.82, 2.24) is 10.4 Å². The summed E-state index contributed by atoms with van der Waals surface area (Å²) in [6.07, 6.45) is 0.193. The molecule has 1 unspecified atom stereocenters. The first-order chi connectivity index (χ1) is 12.8. The summed E-state index contributed by atoms with van der Waals surface area (Å²) in [7, 11) is 0. The Morgan fingerprint density at radius 1 is 1.15 bits per heavy atom. The van der Waals surface area contributed by atoms with Crippen LogP contribution >= 0.6 is 0 Å². The second kappa shape index (κ2) is 7.11. The predicted octanol–water partition coefficient (Wildman–Crippen LogP) is 2.61. The quantitative estimate of drug-likeness (QED) is 0.430. The van der Waals surface area contributed by atoms with Gasteiger partial charge in [-0.2, -0.15) is 0 Å². The highest BCUT2D eigenvalue weighted by atomic mass is 16.7. The molecule has 0 aliphatic carbocycles. The molecule has 1 aromatic heterocycles. The number of nitrogens with one attached hydrogen (secondary N) is 1. The Hall–Kier alpha value is -2.96. The van der Waals surface area contributed by atoms with Gasteiger partial charge in [0.2, 0.25) is 5.91 Å². The molecule has 1 aliphatic heterocycles. The minimum absolute atomic E-state index is 0.193. The van der Waals surface area contributed by atoms with Crippen LogP contribution in [0.4, 0.5) is 0 Å². The molecule has 1 atom stereocenters. The maximum atomic E-state index is 12.1. The molecule has 132 valence electrons. The molecule has 1 aliphatic rings. The van der Waals surface area contributed by atoms with Crippen molar-refractivity contribution >= 4 is 16.8 Å². The lowest BCUT2D eigenvalue weighted by Crippen LogP contribution is -2.31. The third-order valence-electron chi connectivity index (χ3n) is 4.62. The molecule has 0 fully saturated rings. The van der Waals surface area contributed by atoms with Gasteiger partial charge in [-0.05, 0) is 23.8 Å². The highest BCUT2D eigenvalue weighted by Crippen LogP contribution is 2.36. The summed E-state index contributed by atoms with van der Waals surface area (Å²) in [6.45, 7) is 0.679. The number of carbonyl (C=O) groups excluding carboxylic acids is 1. The molecule has 0 saturated carbocycles. The number of amides is 1. The summed E-state index contributed by atoms with van der Waals surface area (Å²) in [5, 5.41) is 1.06. The lowest BCUT2D eigenvalue weighted by atomic mass is 9.87. The lowest BCUT2D eigenvalue weighted by molar-refractivity contribution is -0.121. The van der Waals surface area contributed by atoms with Gasteiger partial charge in [0.25, 0.3) is 0 Å². The summed E-state index contributed by atoms with van der Waals surface area (Å²) in [4.78, 5) is 16.9. The number of fused-ring (bicyclic) bond motifs is 2. The van der Waals surface area contributed by atoms with Crippen LogP contribution in [-0.2, 0) is 16.1 Å². The average molecular weight is 349 g/mol. The normalized spacial score (nSPS) is 14.3. The summed E-state index contributed by atoms with van der Waals surface area (Å²) < 4.78 is 11.0. The van der Waals surface area contributed by atoms with Crippen molar-refractivity contribution < 1.29 is 14.3 Å². The van der Waals surface area contributed by atoms with Crippen molar-refractivity contribution in [2.24, 2.45) is 5.84 Å². The molecular formula is C20H19N3O3. The Morgan fingerprint density at radius 2 is 2.04 bits per heavy atom. The number of pyridine rings is 1. The van der Waals surface area contributed by atoms with E-state index in [4.69, 9.17) is 20.3 Å². The first-order valence-electron chi connectivity index (χ1n) is 8.43. The van der Waals surface area contributed by atoms with Gasteiger partial charge in [-0.15, -0.1) is 0 Å². The average Bonchev–Trinajstić information content (AvgIpc) is 2.71. The zero-order chi connectivity index (χ0) is 17.9. The number of carbonyl (C=O) groups is 1. The lowest BCUT2D eigenvalue weighted by Gasteiger charge is -2.25. The number of nitrogens with zero attached hydrogens (tertiary/aromatic N) is 1. The highest BCUT2D eigenvalue weighted by molar-refractivity contribution is 5.80. The number of rotatable bonds is 4. The van der Waals surface area contributed by atoms with Crippen LogP contribution in [0, 0.1) is 0 Å². The van der Waals surface area contributed by atoms with Crippen molar-refractivity contribution in [3.63, 3.8) is 0 Å². The Labute approximate surface area is 150 Å². The molecule has 2 heterocycles. The number of benzene rings is 2. The van der Waals surface area contributed by atoms with Crippen LogP contribution in [0.15, 0.2) is 54.6 Å². The van der Waals surface area contributed by atoms with E-state index in [-0.39, 0.29) is 25.0 Å². The van der Waals surface area contributed by atoms with Gasteiger partial charge in [-0.3, -0.25) is 15.2 Å². The van der Waals surface area contributed by atoms with Gasteiger partial charge < -0.3 is 9.47 Å². The van der Waals surface area contributed by atoms with Crippen LogP contribution in [0.2, 0.25) is 0 Å². The summed E-state index contributed by atoms with van der Waals surface area (Å²) in [5.74, 6) is 5.62. The maximum absolute atomic E-state index is 12.1. The Bertz CT molecular complexity index is 958. The molecule has 2 aromatic carbocycles. The van der Waals surface area contributed by atoms with E-state index < -0.39 is 0 Å². The SMILES string of the molecule is NNC(=O)CC(c1ccc2ccccc2n1)c1cccc2c1COCO2. The van der Waals surface area contributed by atoms with Gasteiger partial charge >= 0.3 is 0 Å². The van der Waals surface area contributed by atoms with E-state index in [1.807, 2.05) is 54.6 Å². The van der Waals surface area contributed by atoms with Crippen LogP contribution in [0.3, 0.4) is 0 Å². The number of hydrazine groups is 1. The monoisotopic (exact) mass is 349 g/mol. The Balaban J connectivity index is 1.83.